The number of amides is 1. The van der Waals surface area contributed by atoms with Gasteiger partial charge < -0.3 is 21.1 Å². The largest absolute Gasteiger partial charge is 0.382 e. The van der Waals surface area contributed by atoms with E-state index in [1.807, 2.05) is 13.0 Å². The summed E-state index contributed by atoms with van der Waals surface area (Å²) in [5.41, 5.74) is 8.10. The van der Waals surface area contributed by atoms with Gasteiger partial charge >= 0.3 is 0 Å². The number of nitrogens with zero attached hydrogens (tertiary/aromatic N) is 1. The minimum absolute atomic E-state index is 0.100. The van der Waals surface area contributed by atoms with Crippen LogP contribution in [0.1, 0.15) is 21.7 Å². The zero-order valence-electron chi connectivity index (χ0n) is 11.3. The number of morpholine rings is 1. The van der Waals surface area contributed by atoms with Crippen LogP contribution in [0.2, 0.25) is 0 Å². The van der Waals surface area contributed by atoms with Crippen LogP contribution in [0.4, 0.5) is 5.69 Å². The first-order chi connectivity index (χ1) is 9.08. The number of aromatic nitrogens is 1. The van der Waals surface area contributed by atoms with Gasteiger partial charge in [-0.1, -0.05) is 0 Å². The van der Waals surface area contributed by atoms with Gasteiger partial charge in [-0.15, -0.1) is 0 Å². The van der Waals surface area contributed by atoms with Crippen LogP contribution < -0.4 is 16.4 Å². The Hall–Kier alpha value is -1.66. The van der Waals surface area contributed by atoms with Crippen LogP contribution in [0.3, 0.4) is 0 Å². The summed E-state index contributed by atoms with van der Waals surface area (Å²) in [5.74, 6) is -0.463. The van der Waals surface area contributed by atoms with E-state index in [0.717, 1.165) is 24.5 Å². The standard InChI is InChI=1S/C13H20N4O2/c1-8-5-11(12(13(14)18)9(2)17-8)16-7-10-6-15-3-4-19-10/h5,10,15H,3-4,6-7H2,1-2H3,(H2,14,18)(H,16,17). The van der Waals surface area contributed by atoms with Gasteiger partial charge in [0, 0.05) is 25.3 Å². The summed E-state index contributed by atoms with van der Waals surface area (Å²) < 4.78 is 5.60. The van der Waals surface area contributed by atoms with Crippen LogP contribution >= 0.6 is 0 Å². The molecule has 1 aliphatic heterocycles. The quantitative estimate of drug-likeness (QED) is 0.723. The van der Waals surface area contributed by atoms with Crippen molar-refractivity contribution >= 4 is 11.6 Å². The molecule has 0 aromatic carbocycles. The molecule has 6 heteroatoms. The predicted molar refractivity (Wildman–Crippen MR) is 73.3 cm³/mol. The first kappa shape index (κ1) is 13.8. The minimum atomic E-state index is -0.463. The van der Waals surface area contributed by atoms with Gasteiger partial charge in [-0.3, -0.25) is 9.78 Å². The summed E-state index contributed by atoms with van der Waals surface area (Å²) in [6.45, 7) is 6.72. The number of hydrogen-bond donors (Lipinski definition) is 3. The van der Waals surface area contributed by atoms with E-state index in [1.54, 1.807) is 6.92 Å². The van der Waals surface area contributed by atoms with Gasteiger partial charge in [-0.2, -0.15) is 0 Å². The zero-order valence-corrected chi connectivity index (χ0v) is 11.3. The highest BCUT2D eigenvalue weighted by Crippen LogP contribution is 2.19. The first-order valence-corrected chi connectivity index (χ1v) is 6.42. The molecule has 0 saturated carbocycles. The molecule has 0 aliphatic carbocycles. The molecule has 1 saturated heterocycles. The molecular weight excluding hydrogens is 244 g/mol. The molecule has 1 unspecified atom stereocenters. The summed E-state index contributed by atoms with van der Waals surface area (Å²) in [6, 6.07) is 1.84. The highest BCUT2D eigenvalue weighted by molar-refractivity contribution is 5.99. The molecule has 2 heterocycles. The Morgan fingerprint density at radius 3 is 3.05 bits per heavy atom. The molecule has 19 heavy (non-hydrogen) atoms. The van der Waals surface area contributed by atoms with Crippen LogP contribution in [0.15, 0.2) is 6.07 Å². The van der Waals surface area contributed by atoms with Gasteiger partial charge in [0.2, 0.25) is 0 Å². The molecule has 1 amide bonds. The number of primary amides is 1. The molecule has 1 fully saturated rings. The van der Waals surface area contributed by atoms with E-state index >= 15 is 0 Å². The van der Waals surface area contributed by atoms with Crippen molar-refractivity contribution < 1.29 is 9.53 Å². The van der Waals surface area contributed by atoms with Crippen molar-refractivity contribution in [1.29, 1.82) is 0 Å². The van der Waals surface area contributed by atoms with Crippen molar-refractivity contribution in [3.05, 3.63) is 23.0 Å². The van der Waals surface area contributed by atoms with E-state index in [2.05, 4.69) is 15.6 Å². The highest BCUT2D eigenvalue weighted by atomic mass is 16.5. The van der Waals surface area contributed by atoms with Gasteiger partial charge in [-0.05, 0) is 19.9 Å². The van der Waals surface area contributed by atoms with Crippen molar-refractivity contribution in [2.24, 2.45) is 5.73 Å². The molecule has 1 aromatic rings. The van der Waals surface area contributed by atoms with Crippen molar-refractivity contribution in [3.8, 4) is 0 Å². The number of aryl methyl sites for hydroxylation is 2. The summed E-state index contributed by atoms with van der Waals surface area (Å²) in [6.07, 6.45) is 0.100. The molecule has 1 atom stereocenters. The lowest BCUT2D eigenvalue weighted by molar-refractivity contribution is 0.0372. The second-order valence-corrected chi connectivity index (χ2v) is 4.71. The monoisotopic (exact) mass is 264 g/mol. The Balaban J connectivity index is 2.12. The normalized spacial score (nSPS) is 19.2. The molecule has 2 rings (SSSR count). The fraction of sp³-hybridized carbons (Fsp3) is 0.538. The van der Waals surface area contributed by atoms with Gasteiger partial charge in [0.1, 0.15) is 0 Å². The maximum Gasteiger partial charge on any atom is 0.252 e. The number of carbonyl (C=O) groups is 1. The molecule has 0 bridgehead atoms. The van der Waals surface area contributed by atoms with Crippen LogP contribution in [-0.2, 0) is 4.74 Å². The van der Waals surface area contributed by atoms with Crippen LogP contribution in [0.5, 0.6) is 0 Å². The van der Waals surface area contributed by atoms with E-state index in [4.69, 9.17) is 10.5 Å². The van der Waals surface area contributed by atoms with Gasteiger partial charge in [-0.25, -0.2) is 0 Å². The molecule has 1 aromatic heterocycles. The van der Waals surface area contributed by atoms with Gasteiger partial charge in [0.15, 0.2) is 0 Å². The number of nitrogens with one attached hydrogen (secondary N) is 2. The summed E-state index contributed by atoms with van der Waals surface area (Å²) >= 11 is 0. The van der Waals surface area contributed by atoms with Gasteiger partial charge in [0.25, 0.3) is 5.91 Å². The lowest BCUT2D eigenvalue weighted by Gasteiger charge is -2.24. The zero-order chi connectivity index (χ0) is 13.8. The molecule has 104 valence electrons. The fourth-order valence-corrected chi connectivity index (χ4v) is 2.25. The van der Waals surface area contributed by atoms with E-state index in [0.29, 0.717) is 24.4 Å². The lowest BCUT2D eigenvalue weighted by Crippen LogP contribution is -2.42. The fourth-order valence-electron chi connectivity index (χ4n) is 2.25. The second kappa shape index (κ2) is 5.99. The lowest BCUT2D eigenvalue weighted by atomic mass is 10.1. The minimum Gasteiger partial charge on any atom is -0.382 e. The average molecular weight is 264 g/mol. The van der Waals surface area contributed by atoms with E-state index in [1.165, 1.54) is 0 Å². The Morgan fingerprint density at radius 1 is 1.63 bits per heavy atom. The Bertz CT molecular complexity index is 470. The summed E-state index contributed by atoms with van der Waals surface area (Å²) in [4.78, 5) is 15.8. The molecule has 0 radical (unpaired) electrons. The van der Waals surface area contributed by atoms with Crippen molar-refractivity contribution in [2.75, 3.05) is 31.6 Å². The molecule has 0 spiro atoms. The number of hydrogen-bond acceptors (Lipinski definition) is 5. The average Bonchev–Trinajstić information content (AvgIpc) is 2.36. The Kier molecular flexibility index (Phi) is 4.34. The highest BCUT2D eigenvalue weighted by Gasteiger charge is 2.17. The van der Waals surface area contributed by atoms with Crippen molar-refractivity contribution in [2.45, 2.75) is 20.0 Å². The van der Waals surface area contributed by atoms with Crippen molar-refractivity contribution in [1.82, 2.24) is 10.3 Å². The molecular formula is C13H20N4O2. The first-order valence-electron chi connectivity index (χ1n) is 6.42. The predicted octanol–water partition coefficient (Wildman–Crippen LogP) is 0.198. The van der Waals surface area contributed by atoms with Crippen LogP contribution in [0.25, 0.3) is 0 Å². The number of carbonyl (C=O) groups excluding carboxylic acids is 1. The summed E-state index contributed by atoms with van der Waals surface area (Å²) in [7, 11) is 0. The smallest absolute Gasteiger partial charge is 0.252 e. The maximum absolute atomic E-state index is 11.5. The third-order valence-electron chi connectivity index (χ3n) is 3.10. The van der Waals surface area contributed by atoms with E-state index in [9.17, 15) is 4.79 Å². The molecule has 4 N–H and O–H groups in total. The maximum atomic E-state index is 11.5. The third-order valence-corrected chi connectivity index (χ3v) is 3.10. The molecule has 6 nitrogen and oxygen atoms in total. The topological polar surface area (TPSA) is 89.3 Å². The van der Waals surface area contributed by atoms with Crippen LogP contribution in [-0.4, -0.2) is 43.2 Å². The number of rotatable bonds is 4. The number of ether oxygens (including phenoxy) is 1. The van der Waals surface area contributed by atoms with Crippen LogP contribution in [0, 0.1) is 13.8 Å². The SMILES string of the molecule is Cc1cc(NCC2CNCCO2)c(C(N)=O)c(C)n1. The second-order valence-electron chi connectivity index (χ2n) is 4.71. The molecule has 1 aliphatic rings. The number of anilines is 1. The Morgan fingerprint density at radius 2 is 2.42 bits per heavy atom. The van der Waals surface area contributed by atoms with E-state index in [-0.39, 0.29) is 6.10 Å². The van der Waals surface area contributed by atoms with E-state index < -0.39 is 5.91 Å². The Labute approximate surface area is 112 Å². The third kappa shape index (κ3) is 3.42. The van der Waals surface area contributed by atoms with Gasteiger partial charge in [0.05, 0.1) is 29.7 Å². The summed E-state index contributed by atoms with van der Waals surface area (Å²) in [5, 5.41) is 6.50. The number of pyridine rings is 1. The number of nitrogens with two attached hydrogens (primary N) is 1. The van der Waals surface area contributed by atoms with Crippen molar-refractivity contribution in [3.63, 3.8) is 0 Å².